The SMILES string of the molecule is CC(=O)N(CC(=O)Nc1cccc(C)c1C)c1ccc(Cl)cc1. The molecule has 0 radical (unpaired) electrons. The summed E-state index contributed by atoms with van der Waals surface area (Å²) in [4.78, 5) is 25.6. The molecule has 2 aromatic rings. The van der Waals surface area contributed by atoms with E-state index in [4.69, 9.17) is 11.6 Å². The maximum atomic E-state index is 12.3. The van der Waals surface area contributed by atoms with Gasteiger partial charge in [0.1, 0.15) is 6.54 Å². The molecule has 0 aromatic heterocycles. The van der Waals surface area contributed by atoms with Crippen LogP contribution in [-0.2, 0) is 9.59 Å². The standard InChI is InChI=1S/C18H19ClN2O2/c1-12-5-4-6-17(13(12)2)20-18(23)11-21(14(3)22)16-9-7-15(19)8-10-16/h4-10H,11H2,1-3H3,(H,20,23). The lowest BCUT2D eigenvalue weighted by Crippen LogP contribution is -2.36. The number of benzene rings is 2. The van der Waals surface area contributed by atoms with Crippen molar-refractivity contribution in [1.82, 2.24) is 0 Å². The second kappa shape index (κ2) is 7.29. The lowest BCUT2D eigenvalue weighted by molar-refractivity contribution is -0.120. The fourth-order valence-electron chi connectivity index (χ4n) is 2.23. The van der Waals surface area contributed by atoms with Gasteiger partial charge in [-0.2, -0.15) is 0 Å². The van der Waals surface area contributed by atoms with E-state index in [2.05, 4.69) is 5.32 Å². The Morgan fingerprint density at radius 2 is 1.74 bits per heavy atom. The van der Waals surface area contributed by atoms with Gasteiger partial charge in [-0.25, -0.2) is 0 Å². The van der Waals surface area contributed by atoms with Crippen LogP contribution in [0.15, 0.2) is 42.5 Å². The molecule has 0 aliphatic heterocycles. The number of hydrogen-bond donors (Lipinski definition) is 1. The van der Waals surface area contributed by atoms with E-state index in [-0.39, 0.29) is 18.4 Å². The zero-order valence-corrected chi connectivity index (χ0v) is 14.1. The second-order valence-corrected chi connectivity index (χ2v) is 5.81. The average Bonchev–Trinajstić information content (AvgIpc) is 2.50. The van der Waals surface area contributed by atoms with Crippen LogP contribution in [0.4, 0.5) is 11.4 Å². The summed E-state index contributed by atoms with van der Waals surface area (Å²) in [5.41, 5.74) is 3.51. The number of anilines is 2. The Labute approximate surface area is 141 Å². The van der Waals surface area contributed by atoms with Crippen LogP contribution >= 0.6 is 11.6 Å². The molecule has 0 aliphatic rings. The van der Waals surface area contributed by atoms with Crippen LogP contribution in [0.25, 0.3) is 0 Å². The van der Waals surface area contributed by atoms with Crippen LogP contribution in [0.5, 0.6) is 0 Å². The van der Waals surface area contributed by atoms with Gasteiger partial charge >= 0.3 is 0 Å². The van der Waals surface area contributed by atoms with Gasteiger partial charge < -0.3 is 10.2 Å². The van der Waals surface area contributed by atoms with E-state index in [1.807, 2.05) is 32.0 Å². The minimum atomic E-state index is -0.246. The van der Waals surface area contributed by atoms with Crippen LogP contribution in [0.2, 0.25) is 5.02 Å². The number of nitrogens with one attached hydrogen (secondary N) is 1. The Kier molecular flexibility index (Phi) is 5.40. The molecule has 2 aromatic carbocycles. The van der Waals surface area contributed by atoms with Gasteiger partial charge in [-0.05, 0) is 55.3 Å². The van der Waals surface area contributed by atoms with Gasteiger partial charge in [-0.15, -0.1) is 0 Å². The third-order valence-electron chi connectivity index (χ3n) is 3.70. The van der Waals surface area contributed by atoms with Gasteiger partial charge in [0, 0.05) is 23.3 Å². The number of hydrogen-bond acceptors (Lipinski definition) is 2. The van der Waals surface area contributed by atoms with Crippen LogP contribution in [-0.4, -0.2) is 18.4 Å². The van der Waals surface area contributed by atoms with Crippen molar-refractivity contribution in [3.8, 4) is 0 Å². The molecule has 1 N–H and O–H groups in total. The van der Waals surface area contributed by atoms with Crippen molar-refractivity contribution in [2.24, 2.45) is 0 Å². The van der Waals surface area contributed by atoms with Crippen molar-refractivity contribution >= 4 is 34.8 Å². The summed E-state index contributed by atoms with van der Waals surface area (Å²) in [5.74, 6) is -0.452. The van der Waals surface area contributed by atoms with Crippen LogP contribution in [0.3, 0.4) is 0 Å². The fraction of sp³-hybridized carbons (Fsp3) is 0.222. The first-order chi connectivity index (χ1) is 10.9. The molecule has 2 rings (SSSR count). The molecule has 120 valence electrons. The normalized spacial score (nSPS) is 10.3. The highest BCUT2D eigenvalue weighted by atomic mass is 35.5. The average molecular weight is 331 g/mol. The number of carbonyl (C=O) groups excluding carboxylic acids is 2. The van der Waals surface area contributed by atoms with Crippen molar-refractivity contribution in [2.75, 3.05) is 16.8 Å². The van der Waals surface area contributed by atoms with Crippen molar-refractivity contribution in [1.29, 1.82) is 0 Å². The lowest BCUT2D eigenvalue weighted by Gasteiger charge is -2.21. The van der Waals surface area contributed by atoms with Gasteiger partial charge in [-0.3, -0.25) is 9.59 Å². The predicted octanol–water partition coefficient (Wildman–Crippen LogP) is 3.95. The van der Waals surface area contributed by atoms with Gasteiger partial charge in [-0.1, -0.05) is 23.7 Å². The van der Waals surface area contributed by atoms with Crippen molar-refractivity contribution in [3.63, 3.8) is 0 Å². The minimum Gasteiger partial charge on any atom is -0.324 e. The third-order valence-corrected chi connectivity index (χ3v) is 3.95. The van der Waals surface area contributed by atoms with Gasteiger partial charge in [0.15, 0.2) is 0 Å². The van der Waals surface area contributed by atoms with Crippen LogP contribution in [0, 0.1) is 13.8 Å². The summed E-state index contributed by atoms with van der Waals surface area (Å²) in [6.45, 7) is 5.32. The summed E-state index contributed by atoms with van der Waals surface area (Å²) in [5, 5.41) is 3.44. The molecule has 0 fully saturated rings. The van der Waals surface area contributed by atoms with E-state index in [0.717, 1.165) is 16.8 Å². The Morgan fingerprint density at radius 1 is 1.09 bits per heavy atom. The molecule has 0 bridgehead atoms. The number of nitrogens with zero attached hydrogens (tertiary/aromatic N) is 1. The lowest BCUT2D eigenvalue weighted by atomic mass is 10.1. The number of rotatable bonds is 4. The minimum absolute atomic E-state index is 0.0512. The Bertz CT molecular complexity index is 726. The largest absolute Gasteiger partial charge is 0.324 e. The molecular weight excluding hydrogens is 312 g/mol. The highest BCUT2D eigenvalue weighted by Crippen LogP contribution is 2.20. The molecule has 0 heterocycles. The molecule has 23 heavy (non-hydrogen) atoms. The fourth-order valence-corrected chi connectivity index (χ4v) is 2.35. The zero-order valence-electron chi connectivity index (χ0n) is 13.4. The molecule has 0 saturated heterocycles. The topological polar surface area (TPSA) is 49.4 Å². The van der Waals surface area contributed by atoms with Crippen LogP contribution in [0.1, 0.15) is 18.1 Å². The first-order valence-electron chi connectivity index (χ1n) is 7.28. The first kappa shape index (κ1) is 17.0. The van der Waals surface area contributed by atoms with Crippen LogP contribution < -0.4 is 10.2 Å². The van der Waals surface area contributed by atoms with E-state index in [1.165, 1.54) is 11.8 Å². The van der Waals surface area contributed by atoms with Gasteiger partial charge in [0.05, 0.1) is 0 Å². The summed E-state index contributed by atoms with van der Waals surface area (Å²) < 4.78 is 0. The third kappa shape index (κ3) is 4.33. The van der Waals surface area contributed by atoms with E-state index in [1.54, 1.807) is 24.3 Å². The Balaban J connectivity index is 2.14. The van der Waals surface area contributed by atoms with Gasteiger partial charge in [0.2, 0.25) is 11.8 Å². The maximum absolute atomic E-state index is 12.3. The highest BCUT2D eigenvalue weighted by Gasteiger charge is 2.16. The van der Waals surface area contributed by atoms with Crippen molar-refractivity contribution in [2.45, 2.75) is 20.8 Å². The molecule has 4 nitrogen and oxygen atoms in total. The summed E-state index contributed by atoms with van der Waals surface area (Å²) in [6.07, 6.45) is 0. The smallest absolute Gasteiger partial charge is 0.244 e. The van der Waals surface area contributed by atoms with Crippen molar-refractivity contribution < 1.29 is 9.59 Å². The first-order valence-corrected chi connectivity index (χ1v) is 7.66. The summed E-state index contributed by atoms with van der Waals surface area (Å²) >= 11 is 5.86. The molecule has 5 heteroatoms. The van der Waals surface area contributed by atoms with Crippen molar-refractivity contribution in [3.05, 3.63) is 58.6 Å². The maximum Gasteiger partial charge on any atom is 0.244 e. The van der Waals surface area contributed by atoms with E-state index >= 15 is 0 Å². The summed E-state index contributed by atoms with van der Waals surface area (Å²) in [6, 6.07) is 12.5. The number of amides is 2. The predicted molar refractivity (Wildman–Crippen MR) is 94.0 cm³/mol. The summed E-state index contributed by atoms with van der Waals surface area (Å²) in [7, 11) is 0. The van der Waals surface area contributed by atoms with E-state index in [0.29, 0.717) is 10.7 Å². The quantitative estimate of drug-likeness (QED) is 0.922. The molecule has 0 atom stereocenters. The number of aryl methyl sites for hydroxylation is 1. The Morgan fingerprint density at radius 3 is 2.35 bits per heavy atom. The molecule has 2 amide bonds. The van der Waals surface area contributed by atoms with Gasteiger partial charge in [0.25, 0.3) is 0 Å². The molecule has 0 spiro atoms. The Hall–Kier alpha value is -2.33. The number of halogens is 1. The molecule has 0 aliphatic carbocycles. The monoisotopic (exact) mass is 330 g/mol. The molecule has 0 saturated carbocycles. The molecule has 0 unspecified atom stereocenters. The van der Waals surface area contributed by atoms with E-state index < -0.39 is 0 Å². The zero-order chi connectivity index (χ0) is 17.0. The second-order valence-electron chi connectivity index (χ2n) is 5.38. The van der Waals surface area contributed by atoms with E-state index in [9.17, 15) is 9.59 Å². The number of carbonyl (C=O) groups is 2. The molecular formula is C18H19ClN2O2. The highest BCUT2D eigenvalue weighted by molar-refractivity contribution is 6.30.